The zero-order valence-electron chi connectivity index (χ0n) is 68.2. The fraction of sp³-hybridized carbons (Fsp3) is 0.641. The number of rotatable bonds is 71. The first-order valence-corrected chi connectivity index (χ1v) is 38.5. The topological polar surface area (TPSA) is 480 Å². The molecule has 0 saturated heterocycles. The third kappa shape index (κ3) is 57.7. The minimum absolute atomic E-state index is 0.0130. The molecule has 3 aromatic carbocycles. The van der Waals surface area contributed by atoms with Crippen LogP contribution in [0.2, 0.25) is 0 Å². The van der Waals surface area contributed by atoms with Crippen LogP contribution in [0, 0.1) is 0 Å². The standard InChI is InChI=1S/C78H121N7O32/c1-77(2,3)116-72(93)57-113-63-18-12-60(13-19-63)54-66(83-69(88)21-26-100-32-37-105-42-43-108-41-36-103-29-24-80-76(97)117-78(4,5)6)75(96)85-115-51-49-110-47-45-107-39-34-101-27-22-68(87)82-65(53-59-10-16-62(17-11-59)112-56-71(91)92)74(95)84-114-50-48-109-46-44-106-38-33-99-25-20-67(86)81-64(52-58-8-14-61(15-9-58)111-55-70(89)90)73(94)79-23-28-102-35-40-104-31-30-98-7/h8-19,64-66H,20-57H2,1-7H3,(H,79,94)(H,80,97)(H,81,86)(H,82,87)(H,83,88)(H,84,95)(H,85,96)(H,89,90)(H,91,92). The molecule has 660 valence electrons. The van der Waals surface area contributed by atoms with E-state index in [1.807, 2.05) is 0 Å². The number of nitrogens with one attached hydrogen (secondary N) is 7. The highest BCUT2D eigenvalue weighted by Crippen LogP contribution is 2.18. The molecular formula is C78H121N7O32. The molecule has 0 spiro atoms. The Hall–Kier alpha value is -9.04. The van der Waals surface area contributed by atoms with E-state index in [4.69, 9.17) is 105 Å². The predicted octanol–water partition coefficient (Wildman–Crippen LogP) is 1.57. The van der Waals surface area contributed by atoms with Crippen molar-refractivity contribution in [3.63, 3.8) is 0 Å². The summed E-state index contributed by atoms with van der Waals surface area (Å²) in [5.41, 5.74) is 5.39. The van der Waals surface area contributed by atoms with Crippen molar-refractivity contribution in [1.29, 1.82) is 0 Å². The summed E-state index contributed by atoms with van der Waals surface area (Å²) in [7, 11) is 1.57. The van der Waals surface area contributed by atoms with Crippen molar-refractivity contribution in [1.82, 2.24) is 37.5 Å². The van der Waals surface area contributed by atoms with Gasteiger partial charge in [0.05, 0.1) is 178 Å². The van der Waals surface area contributed by atoms with Crippen molar-refractivity contribution in [2.45, 2.75) is 109 Å². The number of benzene rings is 3. The average molecular weight is 1670 g/mol. The highest BCUT2D eigenvalue weighted by atomic mass is 16.7. The molecule has 0 fully saturated rings. The monoisotopic (exact) mass is 1670 g/mol. The van der Waals surface area contributed by atoms with Gasteiger partial charge in [0.1, 0.15) is 46.6 Å². The van der Waals surface area contributed by atoms with Gasteiger partial charge in [-0.25, -0.2) is 30.1 Å². The summed E-state index contributed by atoms with van der Waals surface area (Å²) in [6.45, 7) is 14.9. The van der Waals surface area contributed by atoms with Crippen LogP contribution in [0.4, 0.5) is 4.79 Å². The van der Waals surface area contributed by atoms with Crippen LogP contribution in [0.3, 0.4) is 0 Å². The first-order chi connectivity index (χ1) is 56.3. The second-order valence-electron chi connectivity index (χ2n) is 27.1. The Balaban J connectivity index is 1.33. The van der Waals surface area contributed by atoms with Gasteiger partial charge in [-0.2, -0.15) is 0 Å². The molecule has 0 heterocycles. The number of carboxylic acids is 2. The Morgan fingerprint density at radius 2 is 0.598 bits per heavy atom. The molecule has 3 atom stereocenters. The predicted molar refractivity (Wildman–Crippen MR) is 415 cm³/mol. The van der Waals surface area contributed by atoms with Gasteiger partial charge in [0.15, 0.2) is 19.8 Å². The lowest BCUT2D eigenvalue weighted by molar-refractivity contribution is -0.157. The first kappa shape index (κ1) is 102. The quantitative estimate of drug-likeness (QED) is 0.0220. The van der Waals surface area contributed by atoms with Crippen LogP contribution < -0.4 is 51.8 Å². The summed E-state index contributed by atoms with van der Waals surface area (Å²) >= 11 is 0. The smallest absolute Gasteiger partial charge is 0.407 e. The van der Waals surface area contributed by atoms with Gasteiger partial charge in [-0.3, -0.25) is 38.4 Å². The molecule has 39 nitrogen and oxygen atoms in total. The van der Waals surface area contributed by atoms with Crippen molar-refractivity contribution in [3.05, 3.63) is 89.5 Å². The van der Waals surface area contributed by atoms with Crippen molar-refractivity contribution < 1.29 is 153 Å². The maximum atomic E-state index is 13.4. The normalized spacial score (nSPS) is 12.1. The molecule has 0 aliphatic rings. The molecule has 0 aliphatic carbocycles. The number of hydrogen-bond acceptors (Lipinski definition) is 30. The minimum atomic E-state index is -1.16. The molecule has 3 unspecified atom stereocenters. The Morgan fingerprint density at radius 1 is 0.325 bits per heavy atom. The van der Waals surface area contributed by atoms with Crippen LogP contribution in [0.25, 0.3) is 0 Å². The fourth-order valence-electron chi connectivity index (χ4n) is 9.40. The highest BCUT2D eigenvalue weighted by molar-refractivity contribution is 5.89. The summed E-state index contributed by atoms with van der Waals surface area (Å²) in [5.74, 6) is -4.97. The number of methoxy groups -OCH3 is 1. The van der Waals surface area contributed by atoms with E-state index < -0.39 is 102 Å². The molecule has 7 amide bonds. The Kier molecular flexibility index (Phi) is 55.9. The molecule has 3 aromatic rings. The zero-order chi connectivity index (χ0) is 85.4. The third-order valence-corrected chi connectivity index (χ3v) is 14.8. The molecule has 3 rings (SSSR count). The van der Waals surface area contributed by atoms with Crippen LogP contribution in [-0.4, -0.2) is 317 Å². The van der Waals surface area contributed by atoms with Gasteiger partial charge < -0.3 is 122 Å². The Morgan fingerprint density at radius 3 is 0.906 bits per heavy atom. The van der Waals surface area contributed by atoms with Gasteiger partial charge in [0.25, 0.3) is 11.8 Å². The maximum Gasteiger partial charge on any atom is 0.407 e. The average Bonchev–Trinajstić information content (AvgIpc) is 0.883. The van der Waals surface area contributed by atoms with Gasteiger partial charge in [-0.15, -0.1) is 0 Å². The van der Waals surface area contributed by atoms with E-state index in [0.717, 1.165) is 0 Å². The Bertz CT molecular complexity index is 3240. The number of esters is 1. The maximum absolute atomic E-state index is 13.4. The molecule has 0 radical (unpaired) electrons. The summed E-state index contributed by atoms with van der Waals surface area (Å²) < 4.78 is 97.7. The second kappa shape index (κ2) is 64.0. The Labute approximate surface area is 682 Å². The molecule has 117 heavy (non-hydrogen) atoms. The van der Waals surface area contributed by atoms with E-state index in [9.17, 15) is 47.9 Å². The number of amides is 7. The van der Waals surface area contributed by atoms with E-state index >= 15 is 0 Å². The van der Waals surface area contributed by atoms with Gasteiger partial charge in [0, 0.05) is 58.7 Å². The first-order valence-electron chi connectivity index (χ1n) is 38.5. The van der Waals surface area contributed by atoms with E-state index in [2.05, 4.69) is 37.5 Å². The van der Waals surface area contributed by atoms with Gasteiger partial charge in [0.2, 0.25) is 23.6 Å². The lowest BCUT2D eigenvalue weighted by atomic mass is 10.0. The van der Waals surface area contributed by atoms with Gasteiger partial charge in [-0.1, -0.05) is 36.4 Å². The number of hydrogen-bond donors (Lipinski definition) is 9. The van der Waals surface area contributed by atoms with Crippen molar-refractivity contribution in [2.24, 2.45) is 0 Å². The van der Waals surface area contributed by atoms with Crippen molar-refractivity contribution >= 4 is 59.4 Å². The molecule has 9 N–H and O–H groups in total. The fourth-order valence-corrected chi connectivity index (χ4v) is 9.40. The minimum Gasteiger partial charge on any atom is -0.482 e. The molecule has 0 aromatic heterocycles. The lowest BCUT2D eigenvalue weighted by Gasteiger charge is -2.20. The van der Waals surface area contributed by atoms with Crippen LogP contribution in [0.15, 0.2) is 72.8 Å². The molecule has 0 aliphatic heterocycles. The van der Waals surface area contributed by atoms with Crippen LogP contribution >= 0.6 is 0 Å². The number of hydroxylamine groups is 2. The number of ether oxygens (including phenoxy) is 18. The van der Waals surface area contributed by atoms with Crippen LogP contribution in [-0.2, 0) is 143 Å². The molecule has 0 saturated carbocycles. The zero-order valence-corrected chi connectivity index (χ0v) is 68.2. The second-order valence-corrected chi connectivity index (χ2v) is 27.1. The van der Waals surface area contributed by atoms with E-state index in [0.29, 0.717) is 94.2 Å². The lowest BCUT2D eigenvalue weighted by Crippen LogP contribution is -2.48. The van der Waals surface area contributed by atoms with Crippen molar-refractivity contribution in [2.75, 3.05) is 218 Å². The largest absolute Gasteiger partial charge is 0.482 e. The van der Waals surface area contributed by atoms with Crippen molar-refractivity contribution in [3.8, 4) is 17.2 Å². The number of aliphatic carboxylic acids is 2. The van der Waals surface area contributed by atoms with Crippen LogP contribution in [0.1, 0.15) is 77.5 Å². The van der Waals surface area contributed by atoms with E-state index in [1.165, 1.54) is 12.1 Å². The molecule has 39 heteroatoms. The third-order valence-electron chi connectivity index (χ3n) is 14.8. The molecular weight excluding hydrogens is 1550 g/mol. The number of alkyl carbamates (subject to hydrolysis) is 1. The van der Waals surface area contributed by atoms with Crippen LogP contribution in [0.5, 0.6) is 17.2 Å². The molecule has 0 bridgehead atoms. The number of carboxylic acid groups (broad SMARTS) is 2. The van der Waals surface area contributed by atoms with Gasteiger partial charge in [-0.05, 0) is 94.6 Å². The highest BCUT2D eigenvalue weighted by Gasteiger charge is 2.26. The van der Waals surface area contributed by atoms with E-state index in [-0.39, 0.29) is 176 Å². The number of carbonyl (C=O) groups excluding carboxylic acids is 8. The SMILES string of the molecule is COCCOCCOCCNC(=O)C(Cc1ccc(OCC(=O)O)cc1)NC(=O)CCOCCOCCOCCONC(=O)C(Cc1ccc(OCC(=O)O)cc1)NC(=O)CCOCCOCCOCCONC(=O)C(Cc1ccc(OCC(=O)OC(C)(C)C)cc1)NC(=O)CCOCCOCCOCCOCCNC(=O)OC(C)(C)C. The number of carbonyl (C=O) groups is 10. The van der Waals surface area contributed by atoms with Gasteiger partial charge >= 0.3 is 24.0 Å². The summed E-state index contributed by atoms with van der Waals surface area (Å²) in [6.07, 6.45) is -0.537. The summed E-state index contributed by atoms with van der Waals surface area (Å²) in [5, 5.41) is 31.5. The van der Waals surface area contributed by atoms with E-state index in [1.54, 1.807) is 109 Å². The summed E-state index contributed by atoms with van der Waals surface area (Å²) in [6, 6.07) is 16.3. The summed E-state index contributed by atoms with van der Waals surface area (Å²) in [4.78, 5) is 136.